The molecule has 3 heterocycles. The van der Waals surface area contributed by atoms with Crippen LogP contribution in [0.1, 0.15) is 0 Å². The minimum atomic E-state index is -3.48. The first kappa shape index (κ1) is 17.3. The molecule has 1 fully saturated rings. The molecule has 1 unspecified atom stereocenters. The number of thiophene rings is 1. The predicted molar refractivity (Wildman–Crippen MR) is 97.9 cm³/mol. The summed E-state index contributed by atoms with van der Waals surface area (Å²) in [5.74, 6) is 0.470. The van der Waals surface area contributed by atoms with Gasteiger partial charge in [0.15, 0.2) is 0 Å². The smallest absolute Gasteiger partial charge is 0.252 e. The van der Waals surface area contributed by atoms with Crippen LogP contribution in [0.15, 0.2) is 52.3 Å². The third-order valence-corrected chi connectivity index (χ3v) is 7.34. The van der Waals surface area contributed by atoms with Gasteiger partial charge in [-0.1, -0.05) is 18.2 Å². The van der Waals surface area contributed by atoms with Gasteiger partial charge in [0.25, 0.3) is 10.0 Å². The lowest BCUT2D eigenvalue weighted by molar-refractivity contribution is -0.0253. The van der Waals surface area contributed by atoms with Crippen LogP contribution in [0.4, 0.5) is 0 Å². The number of para-hydroxylation sites is 1. The summed E-state index contributed by atoms with van der Waals surface area (Å²) in [6.45, 7) is 1.15. The maximum absolute atomic E-state index is 12.7. The number of ether oxygens (including phenoxy) is 2. The Labute approximate surface area is 155 Å². The SMILES string of the molecule is O=S(=O)(c1cccs1)N1CCOC(COc2ncnc3ccccc23)C1. The van der Waals surface area contributed by atoms with Gasteiger partial charge in [-0.15, -0.1) is 11.3 Å². The van der Waals surface area contributed by atoms with Crippen molar-refractivity contribution in [1.29, 1.82) is 0 Å². The Morgan fingerprint density at radius 3 is 2.96 bits per heavy atom. The van der Waals surface area contributed by atoms with Gasteiger partial charge in [-0.05, 0) is 23.6 Å². The Kier molecular flexibility index (Phi) is 4.86. The van der Waals surface area contributed by atoms with E-state index in [0.717, 1.165) is 10.9 Å². The maximum atomic E-state index is 12.7. The highest BCUT2D eigenvalue weighted by Crippen LogP contribution is 2.24. The van der Waals surface area contributed by atoms with Crippen LogP contribution in [0.5, 0.6) is 5.88 Å². The number of fused-ring (bicyclic) bond motifs is 1. The van der Waals surface area contributed by atoms with Gasteiger partial charge in [-0.25, -0.2) is 18.4 Å². The first-order valence-electron chi connectivity index (χ1n) is 8.12. The molecule has 26 heavy (non-hydrogen) atoms. The van der Waals surface area contributed by atoms with Gasteiger partial charge in [-0.2, -0.15) is 4.31 Å². The van der Waals surface area contributed by atoms with Crippen LogP contribution in [-0.4, -0.2) is 55.1 Å². The number of hydrogen-bond donors (Lipinski definition) is 0. The van der Waals surface area contributed by atoms with Crippen molar-refractivity contribution < 1.29 is 17.9 Å². The molecule has 2 aromatic heterocycles. The van der Waals surface area contributed by atoms with E-state index in [-0.39, 0.29) is 19.3 Å². The molecular formula is C17H17N3O4S2. The highest BCUT2D eigenvalue weighted by Gasteiger charge is 2.31. The normalized spacial score (nSPS) is 18.8. The third-order valence-electron chi connectivity index (χ3n) is 4.10. The number of morpholine rings is 1. The molecule has 9 heteroatoms. The summed E-state index contributed by atoms with van der Waals surface area (Å²) >= 11 is 1.22. The highest BCUT2D eigenvalue weighted by atomic mass is 32.2. The molecule has 0 radical (unpaired) electrons. The summed E-state index contributed by atoms with van der Waals surface area (Å²) in [7, 11) is -3.48. The van der Waals surface area contributed by atoms with Crippen molar-refractivity contribution in [2.75, 3.05) is 26.3 Å². The van der Waals surface area contributed by atoms with Crippen LogP contribution in [0.25, 0.3) is 10.9 Å². The lowest BCUT2D eigenvalue weighted by Crippen LogP contribution is -2.47. The van der Waals surface area contributed by atoms with Crippen molar-refractivity contribution in [2.24, 2.45) is 0 Å². The van der Waals surface area contributed by atoms with Crippen LogP contribution in [0.3, 0.4) is 0 Å². The minimum Gasteiger partial charge on any atom is -0.474 e. The van der Waals surface area contributed by atoms with Crippen LogP contribution in [0.2, 0.25) is 0 Å². The van der Waals surface area contributed by atoms with Crippen molar-refractivity contribution in [1.82, 2.24) is 14.3 Å². The van der Waals surface area contributed by atoms with Crippen LogP contribution in [0, 0.1) is 0 Å². The second-order valence-electron chi connectivity index (χ2n) is 5.79. The molecule has 4 rings (SSSR count). The fourth-order valence-electron chi connectivity index (χ4n) is 2.82. The molecule has 1 aromatic carbocycles. The Morgan fingerprint density at radius 2 is 2.12 bits per heavy atom. The Bertz CT molecular complexity index is 987. The summed E-state index contributed by atoms with van der Waals surface area (Å²) < 4.78 is 38.6. The summed E-state index contributed by atoms with van der Waals surface area (Å²) in [4.78, 5) is 8.38. The molecule has 1 aliphatic rings. The van der Waals surface area contributed by atoms with E-state index in [9.17, 15) is 8.42 Å². The second-order valence-corrected chi connectivity index (χ2v) is 8.91. The standard InChI is InChI=1S/C17H17N3O4S2/c21-26(22,16-6-3-9-25-16)20-7-8-23-13(10-20)11-24-17-14-4-1-2-5-15(14)18-12-19-17/h1-6,9,12-13H,7-8,10-11H2. The van der Waals surface area contributed by atoms with E-state index in [4.69, 9.17) is 9.47 Å². The summed E-state index contributed by atoms with van der Waals surface area (Å²) in [5, 5.41) is 2.57. The molecule has 0 amide bonds. The predicted octanol–water partition coefficient (Wildman–Crippen LogP) is 2.16. The molecule has 1 atom stereocenters. The van der Waals surface area contributed by atoms with Gasteiger partial charge in [-0.3, -0.25) is 0 Å². The van der Waals surface area contributed by atoms with Crippen molar-refractivity contribution in [2.45, 2.75) is 10.3 Å². The Morgan fingerprint density at radius 1 is 1.23 bits per heavy atom. The Hall–Kier alpha value is -2.07. The number of hydrogen-bond acceptors (Lipinski definition) is 7. The van der Waals surface area contributed by atoms with Crippen LogP contribution in [-0.2, 0) is 14.8 Å². The van der Waals surface area contributed by atoms with Crippen LogP contribution < -0.4 is 4.74 Å². The zero-order chi connectivity index (χ0) is 18.0. The molecule has 0 bridgehead atoms. The third kappa shape index (κ3) is 3.43. The first-order chi connectivity index (χ1) is 12.6. The topological polar surface area (TPSA) is 81.6 Å². The van der Waals surface area contributed by atoms with Gasteiger partial charge in [0.1, 0.15) is 23.2 Å². The van der Waals surface area contributed by atoms with Gasteiger partial charge < -0.3 is 9.47 Å². The maximum Gasteiger partial charge on any atom is 0.252 e. The highest BCUT2D eigenvalue weighted by molar-refractivity contribution is 7.91. The lowest BCUT2D eigenvalue weighted by Gasteiger charge is -2.31. The molecule has 0 N–H and O–H groups in total. The monoisotopic (exact) mass is 391 g/mol. The number of rotatable bonds is 5. The van der Waals surface area contributed by atoms with E-state index < -0.39 is 10.0 Å². The van der Waals surface area contributed by atoms with E-state index >= 15 is 0 Å². The number of sulfonamides is 1. The number of aromatic nitrogens is 2. The van der Waals surface area contributed by atoms with Crippen LogP contribution >= 0.6 is 11.3 Å². The average Bonchev–Trinajstić information content (AvgIpc) is 3.22. The van der Waals surface area contributed by atoms with E-state index in [1.54, 1.807) is 17.5 Å². The van der Waals surface area contributed by atoms with Gasteiger partial charge >= 0.3 is 0 Å². The van der Waals surface area contributed by atoms with E-state index in [2.05, 4.69) is 9.97 Å². The molecular weight excluding hydrogens is 374 g/mol. The van der Waals surface area contributed by atoms with E-state index in [0.29, 0.717) is 23.2 Å². The first-order valence-corrected chi connectivity index (χ1v) is 10.4. The average molecular weight is 391 g/mol. The van der Waals surface area contributed by atoms with E-state index in [1.165, 1.54) is 22.0 Å². The van der Waals surface area contributed by atoms with Gasteiger partial charge in [0.05, 0.1) is 17.5 Å². The molecule has 0 aliphatic carbocycles. The summed E-state index contributed by atoms with van der Waals surface area (Å²) in [6, 6.07) is 10.9. The zero-order valence-electron chi connectivity index (χ0n) is 13.8. The molecule has 1 aliphatic heterocycles. The van der Waals surface area contributed by atoms with Crippen molar-refractivity contribution in [3.05, 3.63) is 48.1 Å². The minimum absolute atomic E-state index is 0.220. The zero-order valence-corrected chi connectivity index (χ0v) is 15.4. The summed E-state index contributed by atoms with van der Waals surface area (Å²) in [5.41, 5.74) is 0.795. The number of nitrogens with zero attached hydrogens (tertiary/aromatic N) is 3. The van der Waals surface area contributed by atoms with Gasteiger partial charge in [0, 0.05) is 13.1 Å². The largest absolute Gasteiger partial charge is 0.474 e. The molecule has 7 nitrogen and oxygen atoms in total. The molecule has 3 aromatic rings. The van der Waals surface area contributed by atoms with E-state index in [1.807, 2.05) is 24.3 Å². The van der Waals surface area contributed by atoms with Crippen molar-refractivity contribution in [3.63, 3.8) is 0 Å². The van der Waals surface area contributed by atoms with Crippen molar-refractivity contribution in [3.8, 4) is 5.88 Å². The molecule has 0 saturated carbocycles. The quantitative estimate of drug-likeness (QED) is 0.663. The van der Waals surface area contributed by atoms with Crippen molar-refractivity contribution >= 4 is 32.3 Å². The lowest BCUT2D eigenvalue weighted by atomic mass is 10.2. The number of benzene rings is 1. The second kappa shape index (κ2) is 7.28. The molecule has 1 saturated heterocycles. The fourth-order valence-corrected chi connectivity index (χ4v) is 5.42. The summed E-state index contributed by atoms with van der Waals surface area (Å²) in [6.07, 6.45) is 1.10. The molecule has 136 valence electrons. The fraction of sp³-hybridized carbons (Fsp3) is 0.294. The molecule has 0 spiro atoms. The Balaban J connectivity index is 1.46. The van der Waals surface area contributed by atoms with Gasteiger partial charge in [0.2, 0.25) is 5.88 Å².